The first-order valence-electron chi connectivity index (χ1n) is 10.00. The third-order valence-electron chi connectivity index (χ3n) is 5.89. The van der Waals surface area contributed by atoms with Crippen molar-refractivity contribution in [2.75, 3.05) is 6.54 Å². The molecule has 0 unspecified atom stereocenters. The molecule has 4 nitrogen and oxygen atoms in total. The van der Waals surface area contributed by atoms with Gasteiger partial charge in [0.2, 0.25) is 5.91 Å². The smallest absolute Gasteiger partial charge is 0.230 e. The first-order chi connectivity index (χ1) is 14.5. The normalized spacial score (nSPS) is 18.4. The molecule has 30 heavy (non-hydrogen) atoms. The number of benzene rings is 2. The van der Waals surface area contributed by atoms with Gasteiger partial charge < -0.3 is 10.1 Å². The Labute approximate surface area is 179 Å². The number of rotatable bonds is 5. The summed E-state index contributed by atoms with van der Waals surface area (Å²) in [7, 11) is 0. The number of nitrogens with one attached hydrogen (secondary N) is 1. The maximum atomic E-state index is 14.6. The molecule has 1 fully saturated rings. The molecule has 5 rings (SSSR count). The molecule has 1 N–H and O–H groups in total. The number of amides is 1. The molecule has 0 bridgehead atoms. The highest BCUT2D eigenvalue weighted by molar-refractivity contribution is 6.30. The third kappa shape index (κ3) is 3.43. The molecule has 1 aliphatic carbocycles. The lowest BCUT2D eigenvalue weighted by Gasteiger charge is -2.18. The molecule has 0 radical (unpaired) electrons. The summed E-state index contributed by atoms with van der Waals surface area (Å²) in [6.45, 7) is 0.335. The Morgan fingerprint density at radius 1 is 1.20 bits per heavy atom. The average molecular weight is 423 g/mol. The van der Waals surface area contributed by atoms with Crippen molar-refractivity contribution in [1.29, 1.82) is 0 Å². The highest BCUT2D eigenvalue weighted by Crippen LogP contribution is 2.48. The van der Waals surface area contributed by atoms with E-state index in [0.717, 1.165) is 35.2 Å². The predicted octanol–water partition coefficient (Wildman–Crippen LogP) is 4.69. The van der Waals surface area contributed by atoms with Crippen LogP contribution in [0.15, 0.2) is 60.8 Å². The van der Waals surface area contributed by atoms with Gasteiger partial charge in [-0.05, 0) is 54.8 Å². The van der Waals surface area contributed by atoms with E-state index in [1.54, 1.807) is 6.20 Å². The number of pyridine rings is 1. The Balaban J connectivity index is 1.26. The monoisotopic (exact) mass is 422 g/mol. The Bertz CT molecular complexity index is 1100. The predicted molar refractivity (Wildman–Crippen MR) is 113 cm³/mol. The number of ether oxygens (including phenoxy) is 1. The van der Waals surface area contributed by atoms with Gasteiger partial charge in [-0.15, -0.1) is 0 Å². The molecule has 0 spiro atoms. The minimum Gasteiger partial charge on any atom is -0.485 e. The van der Waals surface area contributed by atoms with Gasteiger partial charge in [0, 0.05) is 28.8 Å². The van der Waals surface area contributed by atoms with E-state index < -0.39 is 11.2 Å². The molecule has 3 aromatic rings. The number of hydrogen-bond acceptors (Lipinski definition) is 3. The number of nitrogens with zero attached hydrogens (tertiary/aromatic N) is 1. The zero-order valence-corrected chi connectivity index (χ0v) is 17.0. The topological polar surface area (TPSA) is 51.2 Å². The SMILES string of the molecule is O=C(NC[C@@H]1Cc2cc(-c3ccccn3)cc(F)c2O1)C1(c2ccc(Cl)cc2)CC1. The second-order valence-corrected chi connectivity index (χ2v) is 8.34. The van der Waals surface area contributed by atoms with Crippen LogP contribution in [-0.4, -0.2) is 23.5 Å². The molecule has 1 atom stereocenters. The van der Waals surface area contributed by atoms with Crippen molar-refractivity contribution in [3.8, 4) is 17.0 Å². The molecule has 152 valence electrons. The largest absolute Gasteiger partial charge is 0.485 e. The summed E-state index contributed by atoms with van der Waals surface area (Å²) in [6, 6.07) is 16.3. The number of hydrogen-bond donors (Lipinski definition) is 1. The molecule has 1 amide bonds. The number of halogens is 2. The van der Waals surface area contributed by atoms with Crippen molar-refractivity contribution >= 4 is 17.5 Å². The van der Waals surface area contributed by atoms with E-state index in [0.29, 0.717) is 18.0 Å². The van der Waals surface area contributed by atoms with Gasteiger partial charge in [-0.1, -0.05) is 29.8 Å². The van der Waals surface area contributed by atoms with Crippen molar-refractivity contribution in [3.05, 3.63) is 82.8 Å². The fourth-order valence-corrected chi connectivity index (χ4v) is 4.23. The van der Waals surface area contributed by atoms with Gasteiger partial charge in [0.1, 0.15) is 6.10 Å². The number of aromatic nitrogens is 1. The Kier molecular flexibility index (Phi) is 4.70. The van der Waals surface area contributed by atoms with Gasteiger partial charge in [-0.25, -0.2) is 4.39 Å². The number of carbonyl (C=O) groups excluding carboxylic acids is 1. The van der Waals surface area contributed by atoms with Gasteiger partial charge in [-0.2, -0.15) is 0 Å². The van der Waals surface area contributed by atoms with Crippen LogP contribution in [-0.2, 0) is 16.6 Å². The number of carbonyl (C=O) groups is 1. The van der Waals surface area contributed by atoms with Gasteiger partial charge in [0.05, 0.1) is 17.7 Å². The summed E-state index contributed by atoms with van der Waals surface area (Å²) < 4.78 is 20.4. The lowest BCUT2D eigenvalue weighted by atomic mass is 9.95. The van der Waals surface area contributed by atoms with Crippen LogP contribution in [0, 0.1) is 5.82 Å². The summed E-state index contributed by atoms with van der Waals surface area (Å²) in [5.74, 6) is -0.145. The molecule has 1 saturated carbocycles. The van der Waals surface area contributed by atoms with Crippen LogP contribution in [0.3, 0.4) is 0 Å². The quantitative estimate of drug-likeness (QED) is 0.648. The fraction of sp³-hybridized carbons (Fsp3) is 0.250. The molecule has 2 aromatic carbocycles. The molecule has 1 aromatic heterocycles. The standard InChI is InChI=1S/C24H20ClFN2O2/c25-18-6-4-17(5-7-18)24(8-9-24)23(29)28-14-19-12-16-11-15(13-20(26)22(16)30-19)21-3-1-2-10-27-21/h1-7,10-11,13,19H,8-9,12,14H2,(H,28,29)/t19-/m0/s1. The first kappa shape index (κ1) is 19.1. The van der Waals surface area contributed by atoms with Gasteiger partial charge >= 0.3 is 0 Å². The Morgan fingerprint density at radius 2 is 2.00 bits per heavy atom. The highest BCUT2D eigenvalue weighted by atomic mass is 35.5. The van der Waals surface area contributed by atoms with E-state index in [4.69, 9.17) is 16.3 Å². The van der Waals surface area contributed by atoms with Crippen molar-refractivity contribution in [3.63, 3.8) is 0 Å². The number of fused-ring (bicyclic) bond motifs is 1. The second-order valence-electron chi connectivity index (χ2n) is 7.90. The maximum Gasteiger partial charge on any atom is 0.230 e. The zero-order chi connectivity index (χ0) is 20.7. The van der Waals surface area contributed by atoms with Gasteiger partial charge in [0.15, 0.2) is 11.6 Å². The molecule has 6 heteroatoms. The van der Waals surface area contributed by atoms with E-state index >= 15 is 0 Å². The summed E-state index contributed by atoms with van der Waals surface area (Å²) in [4.78, 5) is 17.2. The molecule has 0 saturated heterocycles. The molecule has 2 heterocycles. The van der Waals surface area contributed by atoms with Crippen LogP contribution in [0.25, 0.3) is 11.3 Å². The molecule has 1 aliphatic heterocycles. The summed E-state index contributed by atoms with van der Waals surface area (Å²) in [6.07, 6.45) is 3.56. The van der Waals surface area contributed by atoms with Crippen LogP contribution in [0.1, 0.15) is 24.0 Å². The van der Waals surface area contributed by atoms with Gasteiger partial charge in [-0.3, -0.25) is 9.78 Å². The van der Waals surface area contributed by atoms with E-state index in [2.05, 4.69) is 10.3 Å². The minimum absolute atomic E-state index is 0.0148. The zero-order valence-electron chi connectivity index (χ0n) is 16.2. The minimum atomic E-state index is -0.479. The molecular formula is C24H20ClFN2O2. The lowest BCUT2D eigenvalue weighted by Crippen LogP contribution is -2.40. The average Bonchev–Trinajstić information content (AvgIpc) is 3.47. The molecular weight excluding hydrogens is 403 g/mol. The van der Waals surface area contributed by atoms with E-state index in [1.807, 2.05) is 48.5 Å². The van der Waals surface area contributed by atoms with E-state index in [1.165, 1.54) is 6.07 Å². The van der Waals surface area contributed by atoms with E-state index in [9.17, 15) is 9.18 Å². The van der Waals surface area contributed by atoms with Crippen LogP contribution in [0.5, 0.6) is 5.75 Å². The van der Waals surface area contributed by atoms with Crippen molar-refractivity contribution in [2.24, 2.45) is 0 Å². The van der Waals surface area contributed by atoms with Crippen LogP contribution < -0.4 is 10.1 Å². The summed E-state index contributed by atoms with van der Waals surface area (Å²) in [5.41, 5.74) is 2.74. The lowest BCUT2D eigenvalue weighted by molar-refractivity contribution is -0.123. The fourth-order valence-electron chi connectivity index (χ4n) is 4.10. The van der Waals surface area contributed by atoms with E-state index in [-0.39, 0.29) is 17.8 Å². The van der Waals surface area contributed by atoms with Crippen LogP contribution in [0.4, 0.5) is 4.39 Å². The summed E-state index contributed by atoms with van der Waals surface area (Å²) in [5, 5.41) is 3.66. The van der Waals surface area contributed by atoms with Crippen molar-refractivity contribution in [1.82, 2.24) is 10.3 Å². The van der Waals surface area contributed by atoms with Crippen LogP contribution >= 0.6 is 11.6 Å². The molecule has 2 aliphatic rings. The Hall–Kier alpha value is -2.92. The van der Waals surface area contributed by atoms with Crippen molar-refractivity contribution in [2.45, 2.75) is 30.8 Å². The van der Waals surface area contributed by atoms with Crippen molar-refractivity contribution < 1.29 is 13.9 Å². The maximum absolute atomic E-state index is 14.6. The third-order valence-corrected chi connectivity index (χ3v) is 6.14. The van der Waals surface area contributed by atoms with Gasteiger partial charge in [0.25, 0.3) is 0 Å². The highest BCUT2D eigenvalue weighted by Gasteiger charge is 2.51. The van der Waals surface area contributed by atoms with Crippen LogP contribution in [0.2, 0.25) is 5.02 Å². The summed E-state index contributed by atoms with van der Waals surface area (Å²) >= 11 is 5.96. The first-order valence-corrected chi connectivity index (χ1v) is 10.4. The Morgan fingerprint density at radius 3 is 2.70 bits per heavy atom. The second kappa shape index (κ2) is 7.40.